The van der Waals surface area contributed by atoms with Crippen LogP contribution in [0.5, 0.6) is 0 Å². The molecule has 6 N–H and O–H groups in total. The normalized spacial score (nSPS) is 26.8. The molecule has 0 saturated carbocycles. The van der Waals surface area contributed by atoms with E-state index in [1.165, 1.54) is 0 Å². The average Bonchev–Trinajstić information content (AvgIpc) is 2.58. The topological polar surface area (TPSA) is 157 Å². The van der Waals surface area contributed by atoms with Crippen LogP contribution in [0, 0.1) is 0 Å². The molecular formula is C17H25NO8. The number of aliphatic hydroxyl groups excluding tert-OH is 2. The number of rotatable bonds is 4. The van der Waals surface area contributed by atoms with Crippen LogP contribution in [0.25, 0.3) is 0 Å². The molecule has 1 saturated heterocycles. The maximum Gasteiger partial charge on any atom is 0.335 e. The minimum Gasteiger partial charge on any atom is -0.479 e. The zero-order valence-electron chi connectivity index (χ0n) is 14.8. The molecule has 0 amide bonds. The molecule has 9 nitrogen and oxygen atoms in total. The molecule has 9 heteroatoms. The lowest BCUT2D eigenvalue weighted by molar-refractivity contribution is -0.263. The second kappa shape index (κ2) is 8.56. The van der Waals surface area contributed by atoms with Gasteiger partial charge in [0, 0.05) is 11.1 Å². The summed E-state index contributed by atoms with van der Waals surface area (Å²) in [6.07, 6.45) is -4.53. The summed E-state index contributed by atoms with van der Waals surface area (Å²) in [5.74, 6) is -4.76. The summed E-state index contributed by atoms with van der Waals surface area (Å²) in [5, 5.41) is 46.5. The Morgan fingerprint density at radius 3 is 1.96 bits per heavy atom. The first-order valence-electron chi connectivity index (χ1n) is 7.92. The number of morpholine rings is 1. The number of carbonyl (C=O) groups is 2. The Morgan fingerprint density at radius 2 is 1.58 bits per heavy atom. The molecular weight excluding hydrogens is 346 g/mol. The van der Waals surface area contributed by atoms with E-state index in [1.807, 2.05) is 37.3 Å². The molecule has 1 aromatic carbocycles. The first-order valence-corrected chi connectivity index (χ1v) is 7.92. The number of aliphatic hydroxyl groups is 3. The molecule has 0 aliphatic carbocycles. The van der Waals surface area contributed by atoms with Crippen molar-refractivity contribution in [3.05, 3.63) is 35.9 Å². The molecule has 1 aliphatic heterocycles. The van der Waals surface area contributed by atoms with E-state index in [9.17, 15) is 14.7 Å². The Bertz CT molecular complexity index is 602. The van der Waals surface area contributed by atoms with Gasteiger partial charge in [0.05, 0.1) is 12.6 Å². The van der Waals surface area contributed by atoms with Gasteiger partial charge in [-0.25, -0.2) is 9.59 Å². The highest BCUT2D eigenvalue weighted by Crippen LogP contribution is 2.32. The van der Waals surface area contributed by atoms with E-state index in [2.05, 4.69) is 19.2 Å². The van der Waals surface area contributed by atoms with Gasteiger partial charge in [-0.05, 0) is 20.8 Å². The van der Waals surface area contributed by atoms with Crippen molar-refractivity contribution in [2.75, 3.05) is 6.61 Å². The molecule has 0 radical (unpaired) electrons. The van der Waals surface area contributed by atoms with Gasteiger partial charge in [-0.2, -0.15) is 0 Å². The molecule has 1 heterocycles. The third-order valence-electron chi connectivity index (χ3n) is 3.84. The van der Waals surface area contributed by atoms with Crippen LogP contribution < -0.4 is 5.32 Å². The second-order valence-corrected chi connectivity index (χ2v) is 6.67. The lowest BCUT2D eigenvalue weighted by Crippen LogP contribution is -2.63. The van der Waals surface area contributed by atoms with E-state index in [0.29, 0.717) is 6.61 Å². The third kappa shape index (κ3) is 5.48. The van der Waals surface area contributed by atoms with Gasteiger partial charge in [0.1, 0.15) is 0 Å². The summed E-state index contributed by atoms with van der Waals surface area (Å²) in [5.41, 5.74) is 0.700. The van der Waals surface area contributed by atoms with Gasteiger partial charge in [-0.1, -0.05) is 30.3 Å². The summed E-state index contributed by atoms with van der Waals surface area (Å²) >= 11 is 0. The Hall–Kier alpha value is -2.04. The molecule has 0 aromatic heterocycles. The molecule has 1 fully saturated rings. The Morgan fingerprint density at radius 1 is 1.12 bits per heavy atom. The van der Waals surface area contributed by atoms with Gasteiger partial charge in [0.2, 0.25) is 5.79 Å². The van der Waals surface area contributed by atoms with Crippen LogP contribution in [0.4, 0.5) is 0 Å². The molecule has 0 bridgehead atoms. The Balaban J connectivity index is 0.000000294. The predicted molar refractivity (Wildman–Crippen MR) is 90.3 cm³/mol. The minimum atomic E-state index is -2.27. The van der Waals surface area contributed by atoms with Crippen LogP contribution in [0.2, 0.25) is 0 Å². The number of hydrogen-bond acceptors (Lipinski definition) is 7. The van der Waals surface area contributed by atoms with Crippen molar-refractivity contribution in [3.63, 3.8) is 0 Å². The highest BCUT2D eigenvalue weighted by Gasteiger charge is 2.44. The van der Waals surface area contributed by atoms with Crippen molar-refractivity contribution in [1.82, 2.24) is 5.32 Å². The van der Waals surface area contributed by atoms with Gasteiger partial charge in [-0.15, -0.1) is 0 Å². The number of aliphatic carboxylic acids is 2. The zero-order chi connectivity index (χ0) is 20.1. The fraction of sp³-hybridized carbons (Fsp3) is 0.529. The summed E-state index contributed by atoms with van der Waals surface area (Å²) in [6.45, 7) is 6.55. The Kier molecular flexibility index (Phi) is 7.25. The van der Waals surface area contributed by atoms with Crippen molar-refractivity contribution in [1.29, 1.82) is 0 Å². The standard InChI is InChI=1S/C13H19NO2.C4H6O6/c1-10-13(15,11-7-5-4-6-8-11)16-9-12(2,3)14-10;5-1(3(7)8)2(6)4(9)10/h4-8,10,14-15H,9H2,1-3H3;1-2,5-6H,(H,7,8)(H,9,10)/t10-,13+;1-,2-/m00/s1. The molecule has 0 spiro atoms. The van der Waals surface area contributed by atoms with Crippen molar-refractivity contribution in [2.45, 2.75) is 50.3 Å². The molecule has 26 heavy (non-hydrogen) atoms. The summed E-state index contributed by atoms with van der Waals surface area (Å²) in [7, 11) is 0. The van der Waals surface area contributed by atoms with E-state index in [0.717, 1.165) is 5.56 Å². The number of ether oxygens (including phenoxy) is 1. The van der Waals surface area contributed by atoms with Crippen LogP contribution in [0.15, 0.2) is 30.3 Å². The number of hydrogen-bond donors (Lipinski definition) is 6. The van der Waals surface area contributed by atoms with Gasteiger partial charge < -0.3 is 35.6 Å². The lowest BCUT2D eigenvalue weighted by Gasteiger charge is -2.46. The quantitative estimate of drug-likeness (QED) is 0.410. The van der Waals surface area contributed by atoms with Crippen molar-refractivity contribution in [2.24, 2.45) is 0 Å². The monoisotopic (exact) mass is 371 g/mol. The van der Waals surface area contributed by atoms with Crippen LogP contribution in [-0.2, 0) is 20.1 Å². The van der Waals surface area contributed by atoms with Crippen LogP contribution >= 0.6 is 0 Å². The highest BCUT2D eigenvalue weighted by atomic mass is 16.6. The van der Waals surface area contributed by atoms with Gasteiger partial charge in [-0.3, -0.25) is 0 Å². The van der Waals surface area contributed by atoms with Crippen molar-refractivity contribution in [3.8, 4) is 0 Å². The van der Waals surface area contributed by atoms with Crippen LogP contribution in [0.1, 0.15) is 26.3 Å². The molecule has 1 aliphatic rings. The minimum absolute atomic E-state index is 0.0968. The first-order chi connectivity index (χ1) is 11.9. The SMILES string of the molecule is C[C@@H]1NC(C)(C)CO[C@@]1(O)c1ccccc1.O=C(O)[C@@H](O)[C@H](O)C(=O)O. The zero-order valence-corrected chi connectivity index (χ0v) is 14.8. The van der Waals surface area contributed by atoms with E-state index in [4.69, 9.17) is 25.2 Å². The fourth-order valence-electron chi connectivity index (χ4n) is 2.42. The molecule has 1 aromatic rings. The van der Waals surface area contributed by atoms with E-state index in [1.54, 1.807) is 0 Å². The van der Waals surface area contributed by atoms with Crippen molar-refractivity contribution >= 4 is 11.9 Å². The van der Waals surface area contributed by atoms with Gasteiger partial charge >= 0.3 is 11.9 Å². The second-order valence-electron chi connectivity index (χ2n) is 6.67. The van der Waals surface area contributed by atoms with Crippen LogP contribution in [-0.4, -0.2) is 67.9 Å². The summed E-state index contributed by atoms with van der Waals surface area (Å²) < 4.78 is 5.67. The lowest BCUT2D eigenvalue weighted by atomic mass is 9.93. The number of benzene rings is 1. The molecule has 146 valence electrons. The number of carboxylic acid groups (broad SMARTS) is 2. The van der Waals surface area contributed by atoms with Crippen LogP contribution in [0.3, 0.4) is 0 Å². The molecule has 0 unspecified atom stereocenters. The fourth-order valence-corrected chi connectivity index (χ4v) is 2.42. The Labute approximate surface area is 150 Å². The smallest absolute Gasteiger partial charge is 0.335 e. The predicted octanol–water partition coefficient (Wildman–Crippen LogP) is -0.504. The molecule has 2 rings (SSSR count). The third-order valence-corrected chi connectivity index (χ3v) is 3.84. The number of nitrogens with one attached hydrogen (secondary N) is 1. The van der Waals surface area contributed by atoms with Gasteiger partial charge in [0.25, 0.3) is 0 Å². The first kappa shape index (κ1) is 22.0. The summed E-state index contributed by atoms with van der Waals surface area (Å²) in [6, 6.07) is 9.37. The van der Waals surface area contributed by atoms with E-state index in [-0.39, 0.29) is 11.6 Å². The van der Waals surface area contributed by atoms with Gasteiger partial charge in [0.15, 0.2) is 12.2 Å². The number of carboxylic acids is 2. The summed E-state index contributed by atoms with van der Waals surface area (Å²) in [4.78, 5) is 19.5. The largest absolute Gasteiger partial charge is 0.479 e. The van der Waals surface area contributed by atoms with E-state index >= 15 is 0 Å². The average molecular weight is 371 g/mol. The maximum absolute atomic E-state index is 10.6. The van der Waals surface area contributed by atoms with Crippen molar-refractivity contribution < 1.29 is 39.9 Å². The molecule has 4 atom stereocenters. The highest BCUT2D eigenvalue weighted by molar-refractivity contribution is 5.83. The van der Waals surface area contributed by atoms with E-state index < -0.39 is 29.9 Å². The maximum atomic E-state index is 10.6.